The molecule has 3 N–H and O–H groups in total. The van der Waals surface area contributed by atoms with E-state index in [1.54, 1.807) is 24.3 Å². The minimum Gasteiger partial charge on any atom is -0.495 e. The fourth-order valence-electron chi connectivity index (χ4n) is 4.65. The van der Waals surface area contributed by atoms with Crippen molar-refractivity contribution in [1.82, 2.24) is 15.5 Å². The van der Waals surface area contributed by atoms with Crippen LogP contribution in [0.15, 0.2) is 42.5 Å². The molecular weight excluding hydrogens is 451 g/mol. The first-order valence-electron chi connectivity index (χ1n) is 11.9. The number of anilines is 1. The minimum absolute atomic E-state index is 0.0671. The summed E-state index contributed by atoms with van der Waals surface area (Å²) in [6.45, 7) is 1.27. The van der Waals surface area contributed by atoms with Gasteiger partial charge in [-0.15, -0.1) is 0 Å². The van der Waals surface area contributed by atoms with Crippen LogP contribution in [0.25, 0.3) is 0 Å². The standard InChI is InChI=1S/C26H31FN4O4/c1-28-23(32)19-7-10-22(35-2)21(15-19)29-25(34)30-26(11-12-26)24(33)31-13-3-4-18(16-31)14-17-5-8-20(27)9-6-17/h5-10,15,18H,3-4,11-14,16H2,1-2H3,(H,28,32)(H2,29,30,34)/t18-/m0/s1. The Balaban J connectivity index is 1.38. The van der Waals surface area contributed by atoms with Crippen molar-refractivity contribution in [1.29, 1.82) is 0 Å². The van der Waals surface area contributed by atoms with E-state index in [1.807, 2.05) is 4.90 Å². The van der Waals surface area contributed by atoms with Crippen LogP contribution in [0.4, 0.5) is 14.9 Å². The normalized spacial score (nSPS) is 18.4. The Labute approximate surface area is 204 Å². The molecule has 0 bridgehead atoms. The number of methoxy groups -OCH3 is 1. The molecule has 35 heavy (non-hydrogen) atoms. The number of ether oxygens (including phenoxy) is 1. The molecule has 1 aliphatic heterocycles. The number of carbonyl (C=O) groups is 3. The molecule has 0 radical (unpaired) electrons. The Morgan fingerprint density at radius 2 is 1.89 bits per heavy atom. The quantitative estimate of drug-likeness (QED) is 0.564. The number of benzene rings is 2. The number of rotatable bonds is 7. The maximum absolute atomic E-state index is 13.4. The number of hydrogen-bond acceptors (Lipinski definition) is 4. The molecule has 2 aromatic rings. The van der Waals surface area contributed by atoms with Gasteiger partial charge in [0.25, 0.3) is 5.91 Å². The molecule has 2 aromatic carbocycles. The second-order valence-electron chi connectivity index (χ2n) is 9.25. The van der Waals surface area contributed by atoms with Crippen LogP contribution in [-0.2, 0) is 11.2 Å². The summed E-state index contributed by atoms with van der Waals surface area (Å²) in [6, 6.07) is 10.7. The van der Waals surface area contributed by atoms with Gasteiger partial charge in [0, 0.05) is 25.7 Å². The first kappa shape index (κ1) is 24.5. The molecule has 0 spiro atoms. The van der Waals surface area contributed by atoms with Gasteiger partial charge in [-0.2, -0.15) is 0 Å². The molecule has 1 saturated carbocycles. The van der Waals surface area contributed by atoms with Gasteiger partial charge in [-0.05, 0) is 73.9 Å². The average Bonchev–Trinajstić information content (AvgIpc) is 3.64. The number of amides is 4. The molecule has 186 valence electrons. The first-order valence-corrected chi connectivity index (χ1v) is 11.9. The third kappa shape index (κ3) is 5.72. The van der Waals surface area contributed by atoms with Crippen molar-refractivity contribution in [2.45, 2.75) is 37.6 Å². The number of likely N-dealkylation sites (tertiary alicyclic amines) is 1. The lowest BCUT2D eigenvalue weighted by Crippen LogP contribution is -2.54. The Kier molecular flexibility index (Phi) is 7.23. The predicted molar refractivity (Wildman–Crippen MR) is 130 cm³/mol. The summed E-state index contributed by atoms with van der Waals surface area (Å²) in [5.41, 5.74) is 0.860. The van der Waals surface area contributed by atoms with Crippen molar-refractivity contribution >= 4 is 23.5 Å². The summed E-state index contributed by atoms with van der Waals surface area (Å²) in [6.07, 6.45) is 3.83. The Morgan fingerprint density at radius 3 is 2.54 bits per heavy atom. The third-order valence-corrected chi connectivity index (χ3v) is 6.69. The largest absolute Gasteiger partial charge is 0.495 e. The molecule has 0 aromatic heterocycles. The van der Waals surface area contributed by atoms with Gasteiger partial charge in [0.1, 0.15) is 17.1 Å². The van der Waals surface area contributed by atoms with E-state index >= 15 is 0 Å². The Hall–Kier alpha value is -3.62. The van der Waals surface area contributed by atoms with Crippen LogP contribution in [0, 0.1) is 11.7 Å². The van der Waals surface area contributed by atoms with E-state index < -0.39 is 11.6 Å². The van der Waals surface area contributed by atoms with Gasteiger partial charge in [0.15, 0.2) is 0 Å². The average molecular weight is 483 g/mol. The Morgan fingerprint density at radius 1 is 1.14 bits per heavy atom. The highest BCUT2D eigenvalue weighted by molar-refractivity contribution is 6.00. The molecule has 2 aliphatic rings. The van der Waals surface area contributed by atoms with Gasteiger partial charge in [-0.25, -0.2) is 9.18 Å². The number of hydrogen-bond donors (Lipinski definition) is 3. The van der Waals surface area contributed by atoms with Gasteiger partial charge >= 0.3 is 6.03 Å². The van der Waals surface area contributed by atoms with Crippen LogP contribution in [0.1, 0.15) is 41.6 Å². The number of urea groups is 1. The maximum Gasteiger partial charge on any atom is 0.320 e. The number of nitrogens with zero attached hydrogens (tertiary/aromatic N) is 1. The summed E-state index contributed by atoms with van der Waals surface area (Å²) in [4.78, 5) is 40.0. The SMILES string of the molecule is CNC(=O)c1ccc(OC)c(NC(=O)NC2(C(=O)N3CCC[C@@H](Cc4ccc(F)cc4)C3)CC2)c1. The van der Waals surface area contributed by atoms with Crippen LogP contribution in [0.5, 0.6) is 5.75 Å². The van der Waals surface area contributed by atoms with Crippen molar-refractivity contribution in [3.05, 3.63) is 59.4 Å². The fourth-order valence-corrected chi connectivity index (χ4v) is 4.65. The topological polar surface area (TPSA) is 99.8 Å². The van der Waals surface area contributed by atoms with Crippen LogP contribution >= 0.6 is 0 Å². The monoisotopic (exact) mass is 482 g/mol. The van der Waals surface area contributed by atoms with Gasteiger partial charge in [0.05, 0.1) is 12.8 Å². The molecule has 0 unspecified atom stereocenters. The molecule has 8 nitrogen and oxygen atoms in total. The lowest BCUT2D eigenvalue weighted by Gasteiger charge is -2.35. The lowest BCUT2D eigenvalue weighted by molar-refractivity contribution is -0.136. The zero-order chi connectivity index (χ0) is 25.0. The van der Waals surface area contributed by atoms with Gasteiger partial charge in [-0.1, -0.05) is 12.1 Å². The van der Waals surface area contributed by atoms with Crippen LogP contribution in [0.2, 0.25) is 0 Å². The highest BCUT2D eigenvalue weighted by atomic mass is 19.1. The van der Waals surface area contributed by atoms with Crippen LogP contribution < -0.4 is 20.7 Å². The van der Waals surface area contributed by atoms with E-state index in [0.717, 1.165) is 24.8 Å². The summed E-state index contributed by atoms with van der Waals surface area (Å²) in [5, 5.41) is 8.13. The summed E-state index contributed by atoms with van der Waals surface area (Å²) in [5.74, 6) is 0.0862. The second kappa shape index (κ2) is 10.3. The van der Waals surface area contributed by atoms with Crippen molar-refractivity contribution in [3.8, 4) is 5.75 Å². The zero-order valence-corrected chi connectivity index (χ0v) is 20.0. The summed E-state index contributed by atoms with van der Waals surface area (Å²) in [7, 11) is 3.00. The third-order valence-electron chi connectivity index (χ3n) is 6.69. The smallest absolute Gasteiger partial charge is 0.320 e. The Bertz CT molecular complexity index is 1100. The first-order chi connectivity index (χ1) is 16.8. The highest BCUT2D eigenvalue weighted by Crippen LogP contribution is 2.39. The molecule has 1 aliphatic carbocycles. The molecule has 1 atom stereocenters. The summed E-state index contributed by atoms with van der Waals surface area (Å²) >= 11 is 0. The molecule has 4 rings (SSSR count). The van der Waals surface area contributed by atoms with Gasteiger partial charge < -0.3 is 25.6 Å². The fraction of sp³-hybridized carbons (Fsp3) is 0.423. The van der Waals surface area contributed by atoms with E-state index in [9.17, 15) is 18.8 Å². The number of piperidine rings is 1. The van der Waals surface area contributed by atoms with E-state index in [0.29, 0.717) is 48.8 Å². The van der Waals surface area contributed by atoms with E-state index in [-0.39, 0.29) is 17.6 Å². The van der Waals surface area contributed by atoms with E-state index in [4.69, 9.17) is 4.74 Å². The van der Waals surface area contributed by atoms with Gasteiger partial charge in [0.2, 0.25) is 5.91 Å². The summed E-state index contributed by atoms with van der Waals surface area (Å²) < 4.78 is 18.5. The van der Waals surface area contributed by atoms with E-state index in [1.165, 1.54) is 32.4 Å². The molecule has 2 fully saturated rings. The predicted octanol–water partition coefficient (Wildman–Crippen LogP) is 3.33. The molecular formula is C26H31FN4O4. The van der Waals surface area contributed by atoms with Crippen LogP contribution in [-0.4, -0.2) is 55.5 Å². The number of carbonyl (C=O) groups excluding carboxylic acids is 3. The van der Waals surface area contributed by atoms with Crippen molar-refractivity contribution < 1.29 is 23.5 Å². The van der Waals surface area contributed by atoms with E-state index in [2.05, 4.69) is 16.0 Å². The zero-order valence-electron chi connectivity index (χ0n) is 20.0. The highest BCUT2D eigenvalue weighted by Gasteiger charge is 2.53. The number of nitrogens with one attached hydrogen (secondary N) is 3. The lowest BCUT2D eigenvalue weighted by atomic mass is 9.91. The molecule has 1 heterocycles. The van der Waals surface area contributed by atoms with Gasteiger partial charge in [-0.3, -0.25) is 9.59 Å². The molecule has 1 saturated heterocycles. The van der Waals surface area contributed by atoms with Crippen molar-refractivity contribution in [3.63, 3.8) is 0 Å². The minimum atomic E-state index is -0.909. The van der Waals surface area contributed by atoms with Crippen molar-refractivity contribution in [2.75, 3.05) is 32.6 Å². The molecule has 9 heteroatoms. The second-order valence-corrected chi connectivity index (χ2v) is 9.25. The van der Waals surface area contributed by atoms with Crippen molar-refractivity contribution in [2.24, 2.45) is 5.92 Å². The number of halogens is 1. The molecule has 4 amide bonds. The van der Waals surface area contributed by atoms with Crippen LogP contribution in [0.3, 0.4) is 0 Å². The maximum atomic E-state index is 13.4.